The van der Waals surface area contributed by atoms with Crippen molar-refractivity contribution in [3.05, 3.63) is 29.8 Å². The third-order valence-corrected chi connectivity index (χ3v) is 2.47. The first-order valence-electron chi connectivity index (χ1n) is 6.25. The highest BCUT2D eigenvalue weighted by atomic mass is 16.5. The van der Waals surface area contributed by atoms with E-state index < -0.39 is 18.4 Å². The van der Waals surface area contributed by atoms with Gasteiger partial charge in [-0.2, -0.15) is 0 Å². The van der Waals surface area contributed by atoms with Gasteiger partial charge in [-0.15, -0.1) is 6.42 Å². The van der Waals surface area contributed by atoms with Crippen molar-refractivity contribution in [2.75, 3.05) is 19.7 Å². The molecule has 0 atom stereocenters. The van der Waals surface area contributed by atoms with Crippen molar-refractivity contribution in [2.45, 2.75) is 13.3 Å². The lowest BCUT2D eigenvalue weighted by atomic mass is 10.2. The molecular formula is C15H17NO4. The maximum Gasteiger partial charge on any atom is 0.323 e. The molecule has 5 heteroatoms. The molecule has 0 fully saturated rings. The minimum absolute atomic E-state index is 0.0424. The molecule has 0 aliphatic rings. The average Bonchev–Trinajstić information content (AvgIpc) is 2.44. The van der Waals surface area contributed by atoms with Gasteiger partial charge >= 0.3 is 5.97 Å². The Kier molecular flexibility index (Phi) is 6.11. The molecule has 0 radical (unpaired) electrons. The van der Waals surface area contributed by atoms with Gasteiger partial charge in [0.05, 0.1) is 13.2 Å². The Labute approximate surface area is 118 Å². The molecule has 1 N–H and O–H groups in total. The predicted octanol–water partition coefficient (Wildman–Crippen LogP) is 1.64. The van der Waals surface area contributed by atoms with Crippen molar-refractivity contribution in [1.29, 1.82) is 0 Å². The standard InChI is InChI=1S/C15H17NO4/c1-3-9-16(11-14(17)18)15(19)12-5-7-13(8-6-12)20-10-4-2/h1,5-8H,4,9-11H2,2H3,(H,17,18). The number of ether oxygens (including phenoxy) is 1. The SMILES string of the molecule is C#CCN(CC(=O)O)C(=O)c1ccc(OCCC)cc1. The zero-order chi connectivity index (χ0) is 15.0. The Hall–Kier alpha value is -2.48. The highest BCUT2D eigenvalue weighted by Crippen LogP contribution is 2.14. The van der Waals surface area contributed by atoms with E-state index >= 15 is 0 Å². The number of carbonyl (C=O) groups excluding carboxylic acids is 1. The van der Waals surface area contributed by atoms with Crippen molar-refractivity contribution < 1.29 is 19.4 Å². The third kappa shape index (κ3) is 4.65. The maximum absolute atomic E-state index is 12.1. The predicted molar refractivity (Wildman–Crippen MR) is 74.6 cm³/mol. The number of carboxylic acids is 1. The van der Waals surface area contributed by atoms with E-state index in [4.69, 9.17) is 16.3 Å². The normalized spacial score (nSPS) is 9.60. The van der Waals surface area contributed by atoms with E-state index in [2.05, 4.69) is 5.92 Å². The summed E-state index contributed by atoms with van der Waals surface area (Å²) in [6.07, 6.45) is 6.04. The molecule has 1 aromatic carbocycles. The minimum atomic E-state index is -1.10. The Bertz CT molecular complexity index is 502. The molecule has 0 aliphatic carbocycles. The fourth-order valence-electron chi connectivity index (χ4n) is 1.57. The van der Waals surface area contributed by atoms with Crippen LogP contribution in [0.3, 0.4) is 0 Å². The molecule has 0 bridgehead atoms. The molecule has 0 saturated carbocycles. The molecule has 1 amide bonds. The van der Waals surface area contributed by atoms with Gasteiger partial charge in [-0.25, -0.2) is 0 Å². The number of benzene rings is 1. The number of nitrogens with zero attached hydrogens (tertiary/aromatic N) is 1. The molecule has 0 spiro atoms. The van der Waals surface area contributed by atoms with E-state index in [1.807, 2.05) is 6.92 Å². The summed E-state index contributed by atoms with van der Waals surface area (Å²) < 4.78 is 5.41. The number of hydrogen-bond donors (Lipinski definition) is 1. The summed E-state index contributed by atoms with van der Waals surface area (Å²) >= 11 is 0. The van der Waals surface area contributed by atoms with Crippen molar-refractivity contribution in [2.24, 2.45) is 0 Å². The topological polar surface area (TPSA) is 66.8 Å². The van der Waals surface area contributed by atoms with Gasteiger partial charge in [0, 0.05) is 5.56 Å². The monoisotopic (exact) mass is 275 g/mol. The van der Waals surface area contributed by atoms with Gasteiger partial charge in [-0.3, -0.25) is 9.59 Å². The molecule has 20 heavy (non-hydrogen) atoms. The summed E-state index contributed by atoms with van der Waals surface area (Å²) in [7, 11) is 0. The number of carbonyl (C=O) groups is 2. The van der Waals surface area contributed by atoms with E-state index in [-0.39, 0.29) is 6.54 Å². The summed E-state index contributed by atoms with van der Waals surface area (Å²) in [5.41, 5.74) is 0.380. The van der Waals surface area contributed by atoms with E-state index in [0.717, 1.165) is 11.3 Å². The Morgan fingerprint density at radius 2 is 2.00 bits per heavy atom. The number of hydrogen-bond acceptors (Lipinski definition) is 3. The highest BCUT2D eigenvalue weighted by Gasteiger charge is 2.17. The van der Waals surface area contributed by atoms with E-state index in [1.165, 1.54) is 0 Å². The van der Waals surface area contributed by atoms with Crippen LogP contribution in [0.1, 0.15) is 23.7 Å². The van der Waals surface area contributed by atoms with Crippen LogP contribution in [-0.4, -0.2) is 41.6 Å². The molecule has 1 aromatic rings. The van der Waals surface area contributed by atoms with Gasteiger partial charge in [-0.1, -0.05) is 12.8 Å². The largest absolute Gasteiger partial charge is 0.494 e. The van der Waals surface area contributed by atoms with Crippen molar-refractivity contribution in [3.8, 4) is 18.1 Å². The molecule has 0 heterocycles. The van der Waals surface area contributed by atoms with Crippen molar-refractivity contribution in [3.63, 3.8) is 0 Å². The number of amides is 1. The van der Waals surface area contributed by atoms with Gasteiger partial charge in [0.15, 0.2) is 0 Å². The first-order valence-corrected chi connectivity index (χ1v) is 6.25. The second-order valence-electron chi connectivity index (χ2n) is 4.13. The summed E-state index contributed by atoms with van der Waals surface area (Å²) in [5.74, 6) is 1.44. The van der Waals surface area contributed by atoms with Crippen molar-refractivity contribution in [1.82, 2.24) is 4.90 Å². The number of aliphatic carboxylic acids is 1. The first kappa shape index (κ1) is 15.6. The molecule has 0 aromatic heterocycles. The summed E-state index contributed by atoms with van der Waals surface area (Å²) in [4.78, 5) is 23.9. The van der Waals surface area contributed by atoms with E-state index in [1.54, 1.807) is 24.3 Å². The van der Waals surface area contributed by atoms with Crippen LogP contribution in [0.15, 0.2) is 24.3 Å². The zero-order valence-electron chi connectivity index (χ0n) is 11.3. The second kappa shape index (κ2) is 7.85. The van der Waals surface area contributed by atoms with Gasteiger partial charge in [-0.05, 0) is 30.7 Å². The number of carboxylic acid groups (broad SMARTS) is 1. The van der Waals surface area contributed by atoms with Crippen LogP contribution in [0.4, 0.5) is 0 Å². The van der Waals surface area contributed by atoms with Crippen LogP contribution in [0.25, 0.3) is 0 Å². The molecule has 0 unspecified atom stereocenters. The van der Waals surface area contributed by atoms with Crippen LogP contribution in [0.2, 0.25) is 0 Å². The maximum atomic E-state index is 12.1. The number of rotatable bonds is 7. The molecule has 106 valence electrons. The Balaban J connectivity index is 2.78. The molecule has 0 saturated heterocycles. The lowest BCUT2D eigenvalue weighted by Gasteiger charge is -2.18. The van der Waals surface area contributed by atoms with Crippen molar-refractivity contribution >= 4 is 11.9 Å². The molecule has 1 rings (SSSR count). The summed E-state index contributed by atoms with van der Waals surface area (Å²) in [6, 6.07) is 6.55. The lowest BCUT2D eigenvalue weighted by Crippen LogP contribution is -2.35. The van der Waals surface area contributed by atoms with Crippen LogP contribution in [0.5, 0.6) is 5.75 Å². The Morgan fingerprint density at radius 1 is 1.35 bits per heavy atom. The quantitative estimate of drug-likeness (QED) is 0.768. The Morgan fingerprint density at radius 3 is 2.50 bits per heavy atom. The van der Waals surface area contributed by atoms with Gasteiger partial charge < -0.3 is 14.7 Å². The molecular weight excluding hydrogens is 258 g/mol. The summed E-state index contributed by atoms with van der Waals surface area (Å²) in [6.45, 7) is 2.15. The fraction of sp³-hybridized carbons (Fsp3) is 0.333. The lowest BCUT2D eigenvalue weighted by molar-refractivity contribution is -0.137. The van der Waals surface area contributed by atoms with E-state index in [9.17, 15) is 9.59 Å². The average molecular weight is 275 g/mol. The zero-order valence-corrected chi connectivity index (χ0v) is 11.3. The molecule has 0 aliphatic heterocycles. The number of terminal acetylenes is 1. The third-order valence-electron chi connectivity index (χ3n) is 2.47. The minimum Gasteiger partial charge on any atom is -0.494 e. The van der Waals surface area contributed by atoms with Gasteiger partial charge in [0.25, 0.3) is 5.91 Å². The van der Waals surface area contributed by atoms with Crippen LogP contribution >= 0.6 is 0 Å². The highest BCUT2D eigenvalue weighted by molar-refractivity contribution is 5.96. The van der Waals surface area contributed by atoms with Gasteiger partial charge in [0.1, 0.15) is 12.3 Å². The first-order chi connectivity index (χ1) is 9.58. The second-order valence-corrected chi connectivity index (χ2v) is 4.13. The van der Waals surface area contributed by atoms with Crippen LogP contribution < -0.4 is 4.74 Å². The summed E-state index contributed by atoms with van der Waals surface area (Å²) in [5, 5.41) is 8.77. The van der Waals surface area contributed by atoms with Crippen LogP contribution in [-0.2, 0) is 4.79 Å². The van der Waals surface area contributed by atoms with Gasteiger partial charge in [0.2, 0.25) is 0 Å². The molecule has 5 nitrogen and oxygen atoms in total. The smallest absolute Gasteiger partial charge is 0.323 e. The van der Waals surface area contributed by atoms with Crippen LogP contribution in [0, 0.1) is 12.3 Å². The van der Waals surface area contributed by atoms with E-state index in [0.29, 0.717) is 17.9 Å². The fourth-order valence-corrected chi connectivity index (χ4v) is 1.57.